The minimum atomic E-state index is -0.554. The molecule has 0 aromatic carbocycles. The highest BCUT2D eigenvalue weighted by Gasteiger charge is 2.01. The minimum Gasteiger partial charge on any atom is -0.435 e. The third-order valence-corrected chi connectivity index (χ3v) is 1.41. The summed E-state index contributed by atoms with van der Waals surface area (Å²) in [6, 6.07) is 0. The van der Waals surface area contributed by atoms with Gasteiger partial charge in [-0.05, 0) is 25.7 Å². The second-order valence-corrected chi connectivity index (χ2v) is 3.07. The monoisotopic (exact) mass is 174 g/mol. The van der Waals surface area contributed by atoms with Gasteiger partial charge in [0, 0.05) is 0 Å². The molecule has 0 radical (unpaired) electrons. The lowest BCUT2D eigenvalue weighted by atomic mass is 10.1. The Morgan fingerprint density at radius 2 is 2.00 bits per heavy atom. The Hall–Kier alpha value is -0.730. The Morgan fingerprint density at radius 1 is 1.33 bits per heavy atom. The van der Waals surface area contributed by atoms with Crippen molar-refractivity contribution < 1.29 is 14.3 Å². The molecule has 3 nitrogen and oxygen atoms in total. The van der Waals surface area contributed by atoms with Gasteiger partial charge < -0.3 is 9.47 Å². The maximum Gasteiger partial charge on any atom is 0.508 e. The van der Waals surface area contributed by atoms with Crippen LogP contribution in [0.4, 0.5) is 4.79 Å². The summed E-state index contributed by atoms with van der Waals surface area (Å²) >= 11 is 0. The van der Waals surface area contributed by atoms with Crippen LogP contribution in [0.3, 0.4) is 0 Å². The van der Waals surface area contributed by atoms with Crippen LogP contribution in [-0.4, -0.2) is 19.4 Å². The number of hydrogen-bond donors (Lipinski definition) is 0. The molecule has 0 spiro atoms. The average Bonchev–Trinajstić information content (AvgIpc) is 1.98. The first-order valence-electron chi connectivity index (χ1n) is 4.46. The summed E-state index contributed by atoms with van der Waals surface area (Å²) in [6.07, 6.45) is 1.44. The lowest BCUT2D eigenvalue weighted by Gasteiger charge is -2.05. The van der Waals surface area contributed by atoms with Crippen LogP contribution in [0.15, 0.2) is 0 Å². The predicted molar refractivity (Wildman–Crippen MR) is 47.0 cm³/mol. The molecule has 72 valence electrons. The van der Waals surface area contributed by atoms with Gasteiger partial charge in [-0.25, -0.2) is 4.79 Å². The van der Waals surface area contributed by atoms with Crippen molar-refractivity contribution in [3.05, 3.63) is 0 Å². The van der Waals surface area contributed by atoms with E-state index < -0.39 is 6.16 Å². The van der Waals surface area contributed by atoms with Crippen LogP contribution in [0.2, 0.25) is 0 Å². The molecular weight excluding hydrogens is 156 g/mol. The van der Waals surface area contributed by atoms with Crippen molar-refractivity contribution in [3.8, 4) is 0 Å². The summed E-state index contributed by atoms with van der Waals surface area (Å²) in [6.45, 7) is 6.89. The molecule has 0 atom stereocenters. The normalized spacial score (nSPS) is 10.0. The molecule has 0 unspecified atom stereocenters. The van der Waals surface area contributed by atoms with Crippen molar-refractivity contribution >= 4 is 6.16 Å². The molecule has 0 saturated heterocycles. The van der Waals surface area contributed by atoms with Crippen LogP contribution in [0.5, 0.6) is 0 Å². The summed E-state index contributed by atoms with van der Waals surface area (Å²) in [7, 11) is 0. The Bertz CT molecular complexity index is 121. The standard InChI is InChI=1S/C9H18O3/c1-4-11-9(10)12-7-5-6-8(2)3/h8H,4-7H2,1-3H3. The molecule has 0 bridgehead atoms. The highest BCUT2D eigenvalue weighted by molar-refractivity contribution is 5.59. The van der Waals surface area contributed by atoms with Crippen molar-refractivity contribution in [2.24, 2.45) is 5.92 Å². The zero-order valence-electron chi connectivity index (χ0n) is 8.13. The third-order valence-electron chi connectivity index (χ3n) is 1.41. The van der Waals surface area contributed by atoms with Gasteiger partial charge in [0.05, 0.1) is 13.2 Å². The van der Waals surface area contributed by atoms with Crippen LogP contribution < -0.4 is 0 Å². The number of carbonyl (C=O) groups is 1. The number of rotatable bonds is 5. The summed E-state index contributed by atoms with van der Waals surface area (Å²) in [4.78, 5) is 10.6. The smallest absolute Gasteiger partial charge is 0.435 e. The fourth-order valence-corrected chi connectivity index (χ4v) is 0.807. The Labute approximate surface area is 74.0 Å². The van der Waals surface area contributed by atoms with E-state index in [4.69, 9.17) is 4.74 Å². The molecule has 0 aliphatic rings. The molecule has 0 aliphatic heterocycles. The van der Waals surface area contributed by atoms with Crippen molar-refractivity contribution in [2.45, 2.75) is 33.6 Å². The Kier molecular flexibility index (Phi) is 6.53. The van der Waals surface area contributed by atoms with Crippen molar-refractivity contribution in [2.75, 3.05) is 13.2 Å². The summed E-state index contributed by atoms with van der Waals surface area (Å²) in [5, 5.41) is 0. The van der Waals surface area contributed by atoms with E-state index in [1.165, 1.54) is 0 Å². The lowest BCUT2D eigenvalue weighted by molar-refractivity contribution is 0.0573. The average molecular weight is 174 g/mol. The molecule has 0 aromatic rings. The maximum absolute atomic E-state index is 10.6. The van der Waals surface area contributed by atoms with Crippen LogP contribution >= 0.6 is 0 Å². The van der Waals surface area contributed by atoms with E-state index in [1.807, 2.05) is 0 Å². The van der Waals surface area contributed by atoms with Crippen LogP contribution in [-0.2, 0) is 9.47 Å². The van der Waals surface area contributed by atoms with E-state index in [2.05, 4.69) is 18.6 Å². The van der Waals surface area contributed by atoms with Crippen molar-refractivity contribution in [1.29, 1.82) is 0 Å². The van der Waals surface area contributed by atoms with Gasteiger partial charge in [-0.3, -0.25) is 0 Å². The van der Waals surface area contributed by atoms with E-state index in [-0.39, 0.29) is 0 Å². The quantitative estimate of drug-likeness (QED) is 0.474. The molecular formula is C9H18O3. The molecule has 3 heteroatoms. The number of carbonyl (C=O) groups excluding carboxylic acids is 1. The highest BCUT2D eigenvalue weighted by Crippen LogP contribution is 2.03. The zero-order chi connectivity index (χ0) is 9.40. The molecule has 0 saturated carbocycles. The van der Waals surface area contributed by atoms with Gasteiger partial charge in [-0.15, -0.1) is 0 Å². The topological polar surface area (TPSA) is 35.5 Å². The van der Waals surface area contributed by atoms with E-state index in [9.17, 15) is 4.79 Å². The van der Waals surface area contributed by atoms with Gasteiger partial charge in [0.2, 0.25) is 0 Å². The molecule has 0 amide bonds. The zero-order valence-corrected chi connectivity index (χ0v) is 8.13. The molecule has 0 aromatic heterocycles. The summed E-state index contributed by atoms with van der Waals surface area (Å²) < 4.78 is 9.36. The second-order valence-electron chi connectivity index (χ2n) is 3.07. The van der Waals surface area contributed by atoms with Gasteiger partial charge in [0.1, 0.15) is 0 Å². The lowest BCUT2D eigenvalue weighted by Crippen LogP contribution is -2.08. The van der Waals surface area contributed by atoms with Gasteiger partial charge in [0.15, 0.2) is 0 Å². The molecule has 0 rings (SSSR count). The Balaban J connectivity index is 3.14. The SMILES string of the molecule is CCOC(=O)OCCCC(C)C. The van der Waals surface area contributed by atoms with E-state index in [0.29, 0.717) is 19.1 Å². The third kappa shape index (κ3) is 7.38. The van der Waals surface area contributed by atoms with Gasteiger partial charge >= 0.3 is 6.16 Å². The second kappa shape index (κ2) is 6.95. The van der Waals surface area contributed by atoms with E-state index in [0.717, 1.165) is 12.8 Å². The highest BCUT2D eigenvalue weighted by atomic mass is 16.7. The van der Waals surface area contributed by atoms with Gasteiger partial charge in [0.25, 0.3) is 0 Å². The first-order valence-corrected chi connectivity index (χ1v) is 4.46. The predicted octanol–water partition coefficient (Wildman–Crippen LogP) is 2.60. The van der Waals surface area contributed by atoms with E-state index in [1.54, 1.807) is 6.92 Å². The summed E-state index contributed by atoms with van der Waals surface area (Å²) in [5.74, 6) is 0.663. The molecule has 0 fully saturated rings. The van der Waals surface area contributed by atoms with E-state index >= 15 is 0 Å². The van der Waals surface area contributed by atoms with Crippen LogP contribution in [0, 0.1) is 5.92 Å². The van der Waals surface area contributed by atoms with Gasteiger partial charge in [-0.1, -0.05) is 13.8 Å². The van der Waals surface area contributed by atoms with Crippen LogP contribution in [0.25, 0.3) is 0 Å². The van der Waals surface area contributed by atoms with Crippen LogP contribution in [0.1, 0.15) is 33.6 Å². The molecule has 0 heterocycles. The van der Waals surface area contributed by atoms with Gasteiger partial charge in [-0.2, -0.15) is 0 Å². The number of ether oxygens (including phenoxy) is 2. The number of hydrogen-bond acceptors (Lipinski definition) is 3. The first-order chi connectivity index (χ1) is 5.66. The fourth-order valence-electron chi connectivity index (χ4n) is 0.807. The maximum atomic E-state index is 10.6. The van der Waals surface area contributed by atoms with Crippen molar-refractivity contribution in [3.63, 3.8) is 0 Å². The van der Waals surface area contributed by atoms with Crippen molar-refractivity contribution in [1.82, 2.24) is 0 Å². The molecule has 0 N–H and O–H groups in total. The first kappa shape index (κ1) is 11.3. The fraction of sp³-hybridized carbons (Fsp3) is 0.889. The molecule has 0 aliphatic carbocycles. The Morgan fingerprint density at radius 3 is 2.50 bits per heavy atom. The minimum absolute atomic E-state index is 0.378. The summed E-state index contributed by atoms with van der Waals surface area (Å²) in [5.41, 5.74) is 0. The molecule has 12 heavy (non-hydrogen) atoms. The largest absolute Gasteiger partial charge is 0.508 e.